The van der Waals surface area contributed by atoms with Crippen molar-refractivity contribution in [3.8, 4) is 0 Å². The summed E-state index contributed by atoms with van der Waals surface area (Å²) in [5.74, 6) is 0. The zero-order chi connectivity index (χ0) is 18.6. The smallest absolute Gasteiger partial charge is 0.315 e. The van der Waals surface area contributed by atoms with Crippen molar-refractivity contribution in [1.82, 2.24) is 20.4 Å². The molecule has 0 bridgehead atoms. The van der Waals surface area contributed by atoms with E-state index in [1.54, 1.807) is 12.1 Å². The van der Waals surface area contributed by atoms with E-state index in [0.29, 0.717) is 12.0 Å². The molecule has 1 unspecified atom stereocenters. The molecule has 0 fully saturated rings. The summed E-state index contributed by atoms with van der Waals surface area (Å²) in [5.41, 5.74) is 3.87. The van der Waals surface area contributed by atoms with Crippen LogP contribution in [0.3, 0.4) is 0 Å². The lowest BCUT2D eigenvalue weighted by Crippen LogP contribution is -2.41. The lowest BCUT2D eigenvalue weighted by atomic mass is 10.1. The van der Waals surface area contributed by atoms with Gasteiger partial charge in [-0.1, -0.05) is 12.1 Å². The Bertz CT molecular complexity index is 785. The fourth-order valence-corrected chi connectivity index (χ4v) is 2.71. The molecule has 134 valence electrons. The first-order valence-corrected chi connectivity index (χ1v) is 8.04. The number of urea groups is 1. The van der Waals surface area contributed by atoms with E-state index in [-0.39, 0.29) is 24.3 Å². The highest BCUT2D eigenvalue weighted by atomic mass is 16.6. The molecule has 2 aromatic rings. The lowest BCUT2D eigenvalue weighted by Gasteiger charge is -2.15. The van der Waals surface area contributed by atoms with E-state index in [0.717, 1.165) is 17.0 Å². The summed E-state index contributed by atoms with van der Waals surface area (Å²) in [5, 5.41) is 20.7. The Kier molecular flexibility index (Phi) is 5.74. The van der Waals surface area contributed by atoms with Crippen molar-refractivity contribution >= 4 is 11.7 Å². The van der Waals surface area contributed by atoms with Crippen molar-refractivity contribution in [2.24, 2.45) is 7.05 Å². The van der Waals surface area contributed by atoms with E-state index in [9.17, 15) is 14.9 Å². The minimum absolute atomic E-state index is 0.00982. The van der Waals surface area contributed by atoms with Crippen LogP contribution in [-0.4, -0.2) is 26.8 Å². The number of hydrogen-bond donors (Lipinski definition) is 2. The zero-order valence-electron chi connectivity index (χ0n) is 14.9. The van der Waals surface area contributed by atoms with E-state index < -0.39 is 4.92 Å². The Labute approximate surface area is 146 Å². The van der Waals surface area contributed by atoms with Crippen LogP contribution in [0.2, 0.25) is 0 Å². The van der Waals surface area contributed by atoms with Crippen LogP contribution in [0.4, 0.5) is 10.5 Å². The van der Waals surface area contributed by atoms with E-state index in [1.165, 1.54) is 12.1 Å². The normalized spacial score (nSPS) is 11.8. The third kappa shape index (κ3) is 4.79. The second-order valence-corrected chi connectivity index (χ2v) is 6.13. The molecular formula is C17H23N5O3. The Morgan fingerprint density at radius 1 is 1.40 bits per heavy atom. The Hall–Kier alpha value is -2.90. The van der Waals surface area contributed by atoms with Gasteiger partial charge in [-0.3, -0.25) is 14.8 Å². The van der Waals surface area contributed by atoms with Gasteiger partial charge in [-0.25, -0.2) is 4.79 Å². The number of nitrogens with zero attached hydrogens (tertiary/aromatic N) is 3. The number of nitrogens with one attached hydrogen (secondary N) is 2. The number of carbonyl (C=O) groups is 1. The molecule has 2 rings (SSSR count). The van der Waals surface area contributed by atoms with Crippen LogP contribution in [0.5, 0.6) is 0 Å². The summed E-state index contributed by atoms with van der Waals surface area (Å²) in [6.07, 6.45) is 0.690. The van der Waals surface area contributed by atoms with Crippen molar-refractivity contribution in [2.75, 3.05) is 0 Å². The third-order valence-electron chi connectivity index (χ3n) is 4.12. The van der Waals surface area contributed by atoms with Gasteiger partial charge in [0.25, 0.3) is 5.69 Å². The molecule has 0 aliphatic rings. The zero-order valence-corrected chi connectivity index (χ0v) is 14.9. The highest BCUT2D eigenvalue weighted by Crippen LogP contribution is 2.14. The average Bonchev–Trinajstić information content (AvgIpc) is 2.79. The number of nitro benzene ring substituents is 1. The van der Waals surface area contributed by atoms with E-state index in [1.807, 2.05) is 32.5 Å². The molecule has 0 radical (unpaired) electrons. The second kappa shape index (κ2) is 7.78. The van der Waals surface area contributed by atoms with Gasteiger partial charge in [-0.15, -0.1) is 0 Å². The monoisotopic (exact) mass is 345 g/mol. The van der Waals surface area contributed by atoms with Crippen molar-refractivity contribution in [2.45, 2.75) is 39.8 Å². The van der Waals surface area contributed by atoms with Gasteiger partial charge in [-0.05, 0) is 38.3 Å². The number of nitro groups is 1. The van der Waals surface area contributed by atoms with Gasteiger partial charge in [0.2, 0.25) is 0 Å². The topological polar surface area (TPSA) is 102 Å². The quantitative estimate of drug-likeness (QED) is 0.620. The largest absolute Gasteiger partial charge is 0.335 e. The molecule has 2 N–H and O–H groups in total. The molecule has 1 aromatic heterocycles. The molecule has 0 aliphatic carbocycles. The predicted octanol–water partition coefficient (Wildman–Crippen LogP) is 2.38. The van der Waals surface area contributed by atoms with Crippen LogP contribution in [0.25, 0.3) is 0 Å². The van der Waals surface area contributed by atoms with Gasteiger partial charge in [0, 0.05) is 37.5 Å². The van der Waals surface area contributed by atoms with Gasteiger partial charge >= 0.3 is 6.03 Å². The van der Waals surface area contributed by atoms with Gasteiger partial charge < -0.3 is 10.6 Å². The number of aromatic nitrogens is 2. The Morgan fingerprint density at radius 3 is 2.72 bits per heavy atom. The molecule has 2 amide bonds. The van der Waals surface area contributed by atoms with Crippen molar-refractivity contribution in [3.63, 3.8) is 0 Å². The molecular weight excluding hydrogens is 322 g/mol. The lowest BCUT2D eigenvalue weighted by molar-refractivity contribution is -0.384. The number of aryl methyl sites for hydroxylation is 2. The highest BCUT2D eigenvalue weighted by molar-refractivity contribution is 5.74. The molecule has 1 heterocycles. The number of hydrogen-bond acceptors (Lipinski definition) is 4. The minimum Gasteiger partial charge on any atom is -0.335 e. The fourth-order valence-electron chi connectivity index (χ4n) is 2.71. The van der Waals surface area contributed by atoms with E-state index in [4.69, 9.17) is 0 Å². The summed E-state index contributed by atoms with van der Waals surface area (Å²) in [7, 11) is 1.90. The van der Waals surface area contributed by atoms with Gasteiger partial charge in [0.1, 0.15) is 0 Å². The molecule has 25 heavy (non-hydrogen) atoms. The molecule has 0 saturated carbocycles. The summed E-state index contributed by atoms with van der Waals surface area (Å²) in [6.45, 7) is 6.12. The molecule has 8 nitrogen and oxygen atoms in total. The summed E-state index contributed by atoms with van der Waals surface area (Å²) in [6, 6.07) is 5.84. The van der Waals surface area contributed by atoms with Crippen molar-refractivity contribution < 1.29 is 9.72 Å². The Morgan fingerprint density at radius 2 is 2.12 bits per heavy atom. The third-order valence-corrected chi connectivity index (χ3v) is 4.12. The first-order chi connectivity index (χ1) is 11.8. The first-order valence-electron chi connectivity index (χ1n) is 8.04. The molecule has 8 heteroatoms. The summed E-state index contributed by atoms with van der Waals surface area (Å²) >= 11 is 0. The van der Waals surface area contributed by atoms with Crippen molar-refractivity contribution in [1.29, 1.82) is 0 Å². The maximum absolute atomic E-state index is 12.0. The average molecular weight is 345 g/mol. The Balaban J connectivity index is 1.87. The number of amides is 2. The van der Waals surface area contributed by atoms with Crippen LogP contribution in [0.1, 0.15) is 29.4 Å². The molecule has 0 aliphatic heterocycles. The fraction of sp³-hybridized carbons (Fsp3) is 0.412. The maximum Gasteiger partial charge on any atom is 0.315 e. The van der Waals surface area contributed by atoms with Gasteiger partial charge in [0.15, 0.2) is 0 Å². The second-order valence-electron chi connectivity index (χ2n) is 6.13. The van der Waals surface area contributed by atoms with Crippen molar-refractivity contribution in [3.05, 3.63) is 56.9 Å². The molecule has 0 spiro atoms. The van der Waals surface area contributed by atoms with Crippen LogP contribution < -0.4 is 10.6 Å². The highest BCUT2D eigenvalue weighted by Gasteiger charge is 2.14. The SMILES string of the molecule is Cc1nn(C)c(C)c1CC(C)NC(=O)NCc1cccc([N+](=O)[O-])c1. The molecule has 1 aromatic carbocycles. The van der Waals surface area contributed by atoms with E-state index >= 15 is 0 Å². The number of carbonyl (C=O) groups excluding carboxylic acids is 1. The summed E-state index contributed by atoms with van der Waals surface area (Å²) in [4.78, 5) is 22.3. The van der Waals surface area contributed by atoms with Gasteiger partial charge in [0.05, 0.1) is 10.6 Å². The number of non-ortho nitro benzene ring substituents is 1. The van der Waals surface area contributed by atoms with Crippen LogP contribution >= 0.6 is 0 Å². The van der Waals surface area contributed by atoms with Crippen LogP contribution in [0, 0.1) is 24.0 Å². The van der Waals surface area contributed by atoms with Crippen LogP contribution in [0.15, 0.2) is 24.3 Å². The number of benzene rings is 1. The van der Waals surface area contributed by atoms with E-state index in [2.05, 4.69) is 15.7 Å². The van der Waals surface area contributed by atoms with Gasteiger partial charge in [-0.2, -0.15) is 5.10 Å². The standard InChI is InChI=1S/C17H23N5O3/c1-11(8-16-12(2)20-21(4)13(16)3)19-17(23)18-10-14-6-5-7-15(9-14)22(24)25/h5-7,9,11H,8,10H2,1-4H3,(H2,18,19,23). The summed E-state index contributed by atoms with van der Waals surface area (Å²) < 4.78 is 1.83. The van der Waals surface area contributed by atoms with Crippen LogP contribution in [-0.2, 0) is 20.0 Å². The minimum atomic E-state index is -0.454. The number of rotatable bonds is 6. The first kappa shape index (κ1) is 18.4. The predicted molar refractivity (Wildman–Crippen MR) is 94.3 cm³/mol. The molecule has 1 atom stereocenters. The maximum atomic E-state index is 12.0. The molecule has 0 saturated heterocycles.